The highest BCUT2D eigenvalue weighted by atomic mass is 16.2. The third kappa shape index (κ3) is 4.23. The number of pyridine rings is 1. The minimum Gasteiger partial charge on any atom is -0.357 e. The van der Waals surface area contributed by atoms with Gasteiger partial charge in [-0.2, -0.15) is 0 Å². The van der Waals surface area contributed by atoms with Crippen molar-refractivity contribution in [2.45, 2.75) is 33.2 Å². The Kier molecular flexibility index (Phi) is 6.77. The summed E-state index contributed by atoms with van der Waals surface area (Å²) in [4.78, 5) is 38.0. The van der Waals surface area contributed by atoms with Gasteiger partial charge in [0.1, 0.15) is 5.82 Å². The normalized spacial score (nSPS) is 26.1. The third-order valence-electron chi connectivity index (χ3n) is 6.99. The smallest absolute Gasteiger partial charge is 0.233 e. The molecule has 0 spiro atoms. The molecule has 4 atom stereocenters. The SMILES string of the molecule is CCN(CC)c1ccc(CNC(=NC)NCCCN2C(=O)C3C4C=CC(C4)C3C2=O)cn1. The maximum absolute atomic E-state index is 12.7. The summed E-state index contributed by atoms with van der Waals surface area (Å²) in [5.74, 6) is 2.05. The van der Waals surface area contributed by atoms with Crippen molar-refractivity contribution in [3.05, 3.63) is 36.0 Å². The number of likely N-dealkylation sites (tertiary alicyclic amines) is 1. The molecule has 2 amide bonds. The summed E-state index contributed by atoms with van der Waals surface area (Å²) in [6, 6.07) is 4.12. The Morgan fingerprint density at radius 2 is 1.81 bits per heavy atom. The van der Waals surface area contributed by atoms with E-state index in [1.807, 2.05) is 12.3 Å². The number of hydrogen-bond donors (Lipinski definition) is 2. The van der Waals surface area contributed by atoms with Gasteiger partial charge in [-0.1, -0.05) is 18.2 Å². The molecule has 8 nitrogen and oxygen atoms in total. The van der Waals surface area contributed by atoms with Crippen molar-refractivity contribution >= 4 is 23.6 Å². The quantitative estimate of drug-likeness (QED) is 0.201. The number of fused-ring (bicyclic) bond motifs is 5. The molecule has 32 heavy (non-hydrogen) atoms. The van der Waals surface area contributed by atoms with E-state index in [1.165, 1.54) is 4.90 Å². The van der Waals surface area contributed by atoms with Crippen molar-refractivity contribution in [1.82, 2.24) is 20.5 Å². The molecular weight excluding hydrogens is 404 g/mol. The van der Waals surface area contributed by atoms with Crippen LogP contribution in [0, 0.1) is 23.7 Å². The van der Waals surface area contributed by atoms with Crippen LogP contribution >= 0.6 is 0 Å². The number of nitrogens with zero attached hydrogens (tertiary/aromatic N) is 4. The second-order valence-corrected chi connectivity index (χ2v) is 8.73. The first kappa shape index (κ1) is 22.3. The van der Waals surface area contributed by atoms with Gasteiger partial charge < -0.3 is 15.5 Å². The van der Waals surface area contributed by atoms with Crippen LogP contribution in [0.3, 0.4) is 0 Å². The zero-order chi connectivity index (χ0) is 22.7. The molecule has 4 rings (SSSR count). The summed E-state index contributed by atoms with van der Waals surface area (Å²) in [5.41, 5.74) is 1.08. The summed E-state index contributed by atoms with van der Waals surface area (Å²) >= 11 is 0. The van der Waals surface area contributed by atoms with Gasteiger partial charge in [-0.25, -0.2) is 4.98 Å². The second kappa shape index (κ2) is 9.71. The van der Waals surface area contributed by atoms with Crippen LogP contribution in [-0.2, 0) is 16.1 Å². The molecule has 4 unspecified atom stereocenters. The topological polar surface area (TPSA) is 89.9 Å². The number of rotatable bonds is 9. The Balaban J connectivity index is 1.20. The van der Waals surface area contributed by atoms with Crippen LogP contribution in [0.4, 0.5) is 5.82 Å². The molecule has 0 radical (unpaired) electrons. The fraction of sp³-hybridized carbons (Fsp3) is 0.583. The number of carbonyl (C=O) groups excluding carboxylic acids is 2. The van der Waals surface area contributed by atoms with Crippen LogP contribution in [0.15, 0.2) is 35.5 Å². The number of carbonyl (C=O) groups is 2. The number of aliphatic imine (C=N–C) groups is 1. The van der Waals surface area contributed by atoms with E-state index in [9.17, 15) is 9.59 Å². The van der Waals surface area contributed by atoms with Gasteiger partial charge in [-0.05, 0) is 50.2 Å². The highest BCUT2D eigenvalue weighted by Crippen LogP contribution is 2.52. The van der Waals surface area contributed by atoms with Gasteiger partial charge in [-0.15, -0.1) is 0 Å². The fourth-order valence-corrected chi connectivity index (χ4v) is 5.29. The molecule has 1 saturated carbocycles. The third-order valence-corrected chi connectivity index (χ3v) is 6.99. The lowest BCUT2D eigenvalue weighted by molar-refractivity contribution is -0.140. The summed E-state index contributed by atoms with van der Waals surface area (Å²) in [6.07, 6.45) is 7.81. The van der Waals surface area contributed by atoms with Gasteiger partial charge in [0.2, 0.25) is 11.8 Å². The van der Waals surface area contributed by atoms with Crippen LogP contribution in [0.2, 0.25) is 0 Å². The Labute approximate surface area is 190 Å². The number of allylic oxidation sites excluding steroid dienone is 2. The van der Waals surface area contributed by atoms with Crippen molar-refractivity contribution in [3.8, 4) is 0 Å². The molecule has 1 aromatic heterocycles. The first-order valence-corrected chi connectivity index (χ1v) is 11.7. The molecule has 2 heterocycles. The van der Waals surface area contributed by atoms with E-state index in [1.54, 1.807) is 7.05 Å². The lowest BCUT2D eigenvalue weighted by atomic mass is 9.85. The summed E-state index contributed by atoms with van der Waals surface area (Å²) in [7, 11) is 1.73. The van der Waals surface area contributed by atoms with E-state index in [-0.39, 0.29) is 35.5 Å². The molecule has 1 aromatic rings. The summed E-state index contributed by atoms with van der Waals surface area (Å²) < 4.78 is 0. The standard InChI is InChI=1S/C24H34N6O2/c1-4-29(5-2)19-10-7-16(14-27-19)15-28-24(25-3)26-11-6-12-30-22(31)20-17-8-9-18(13-17)21(20)23(30)32/h7-10,14,17-18,20-21H,4-6,11-13,15H2,1-3H3,(H2,25,26,28). The van der Waals surface area contributed by atoms with Crippen molar-refractivity contribution in [2.75, 3.05) is 38.1 Å². The van der Waals surface area contributed by atoms with Crippen molar-refractivity contribution < 1.29 is 9.59 Å². The minimum absolute atomic E-state index is 0.0278. The highest BCUT2D eigenvalue weighted by Gasteiger charge is 2.58. The average molecular weight is 439 g/mol. The van der Waals surface area contributed by atoms with Gasteiger partial charge in [0, 0.05) is 46.0 Å². The van der Waals surface area contributed by atoms with Gasteiger partial charge in [0.25, 0.3) is 0 Å². The summed E-state index contributed by atoms with van der Waals surface area (Å²) in [6.45, 7) is 7.84. The molecule has 172 valence electrons. The van der Waals surface area contributed by atoms with Crippen molar-refractivity contribution in [2.24, 2.45) is 28.7 Å². The van der Waals surface area contributed by atoms with Crippen LogP contribution in [-0.4, -0.2) is 60.9 Å². The molecule has 2 aliphatic carbocycles. The number of anilines is 1. The van der Waals surface area contributed by atoms with E-state index >= 15 is 0 Å². The summed E-state index contributed by atoms with van der Waals surface area (Å²) in [5, 5.41) is 6.56. The fourth-order valence-electron chi connectivity index (χ4n) is 5.29. The van der Waals surface area contributed by atoms with Crippen LogP contribution in [0.1, 0.15) is 32.3 Å². The first-order valence-electron chi connectivity index (χ1n) is 11.7. The minimum atomic E-state index is -0.110. The van der Waals surface area contributed by atoms with E-state index in [2.05, 4.69) is 57.6 Å². The second-order valence-electron chi connectivity index (χ2n) is 8.73. The van der Waals surface area contributed by atoms with Crippen molar-refractivity contribution in [1.29, 1.82) is 0 Å². The van der Waals surface area contributed by atoms with Crippen LogP contribution < -0.4 is 15.5 Å². The average Bonchev–Trinajstić information content (AvgIpc) is 3.50. The lowest BCUT2D eigenvalue weighted by Gasteiger charge is -2.20. The molecule has 0 aromatic carbocycles. The van der Waals surface area contributed by atoms with E-state index in [0.29, 0.717) is 32.0 Å². The molecule has 1 aliphatic heterocycles. The van der Waals surface area contributed by atoms with Gasteiger partial charge in [-0.3, -0.25) is 19.5 Å². The Hall–Kier alpha value is -2.90. The first-order chi connectivity index (χ1) is 15.6. The maximum Gasteiger partial charge on any atom is 0.233 e. The van der Waals surface area contributed by atoms with Crippen LogP contribution in [0.25, 0.3) is 0 Å². The number of hydrogen-bond acceptors (Lipinski definition) is 5. The highest BCUT2D eigenvalue weighted by molar-refractivity contribution is 6.06. The zero-order valence-electron chi connectivity index (χ0n) is 19.3. The predicted molar refractivity (Wildman–Crippen MR) is 125 cm³/mol. The number of amides is 2. The largest absolute Gasteiger partial charge is 0.357 e. The lowest BCUT2D eigenvalue weighted by Crippen LogP contribution is -2.39. The number of imide groups is 1. The Bertz CT molecular complexity index is 862. The predicted octanol–water partition coefficient (Wildman–Crippen LogP) is 1.79. The molecule has 2 fully saturated rings. The maximum atomic E-state index is 12.7. The number of guanidine groups is 1. The molecule has 8 heteroatoms. The molecule has 1 saturated heterocycles. The number of nitrogens with one attached hydrogen (secondary N) is 2. The Morgan fingerprint density at radius 1 is 1.12 bits per heavy atom. The molecule has 2 bridgehead atoms. The van der Waals surface area contributed by atoms with Gasteiger partial charge in [0.15, 0.2) is 5.96 Å². The zero-order valence-corrected chi connectivity index (χ0v) is 19.3. The molecular formula is C24H34N6O2. The van der Waals surface area contributed by atoms with E-state index in [4.69, 9.17) is 0 Å². The van der Waals surface area contributed by atoms with E-state index < -0.39 is 0 Å². The molecule has 2 N–H and O–H groups in total. The number of aromatic nitrogens is 1. The van der Waals surface area contributed by atoms with Crippen molar-refractivity contribution in [3.63, 3.8) is 0 Å². The van der Waals surface area contributed by atoms with Gasteiger partial charge in [0.05, 0.1) is 11.8 Å². The van der Waals surface area contributed by atoms with E-state index in [0.717, 1.165) is 30.9 Å². The molecule has 3 aliphatic rings. The Morgan fingerprint density at radius 3 is 2.38 bits per heavy atom. The van der Waals surface area contributed by atoms with Gasteiger partial charge >= 0.3 is 0 Å². The van der Waals surface area contributed by atoms with Crippen LogP contribution in [0.5, 0.6) is 0 Å². The monoisotopic (exact) mass is 438 g/mol.